The Bertz CT molecular complexity index is 302. The molecule has 1 N–H and O–H groups in total. The first kappa shape index (κ1) is 16.6. The van der Waals surface area contributed by atoms with Crippen LogP contribution in [0.1, 0.15) is 25.1 Å². The van der Waals surface area contributed by atoms with Crippen molar-refractivity contribution in [2.24, 2.45) is 0 Å². The highest BCUT2D eigenvalue weighted by atomic mass is 35.5. The van der Waals surface area contributed by atoms with Crippen LogP contribution in [-0.2, 0) is 13.0 Å². The molecule has 0 bridgehead atoms. The highest BCUT2D eigenvalue weighted by molar-refractivity contribution is 5.85. The molecule has 1 aromatic heterocycles. The van der Waals surface area contributed by atoms with Gasteiger partial charge in [-0.25, -0.2) is 0 Å². The summed E-state index contributed by atoms with van der Waals surface area (Å²) >= 11 is 0. The first-order valence-electron chi connectivity index (χ1n) is 5.63. The fourth-order valence-electron chi connectivity index (χ4n) is 1.74. The fraction of sp³-hybridized carbons (Fsp3) is 0.800. The molecule has 0 unspecified atom stereocenters. The van der Waals surface area contributed by atoms with Crippen molar-refractivity contribution in [1.29, 1.82) is 0 Å². The molecule has 0 amide bonds. The van der Waals surface area contributed by atoms with E-state index in [0.29, 0.717) is 0 Å². The number of halogens is 2. The van der Waals surface area contributed by atoms with Gasteiger partial charge < -0.3 is 9.84 Å². The van der Waals surface area contributed by atoms with E-state index in [4.69, 9.17) is 4.52 Å². The van der Waals surface area contributed by atoms with Crippen LogP contribution in [0.5, 0.6) is 0 Å². The molecule has 7 heteroatoms. The van der Waals surface area contributed by atoms with Gasteiger partial charge in [0.1, 0.15) is 0 Å². The third-order valence-electron chi connectivity index (χ3n) is 2.55. The van der Waals surface area contributed by atoms with Crippen LogP contribution in [0.15, 0.2) is 4.52 Å². The number of hydrogen-bond acceptors (Lipinski definition) is 5. The molecule has 100 valence electrons. The van der Waals surface area contributed by atoms with E-state index in [1.807, 2.05) is 0 Å². The van der Waals surface area contributed by atoms with Gasteiger partial charge in [-0.3, -0.25) is 4.90 Å². The Balaban J connectivity index is 0.00000128. The van der Waals surface area contributed by atoms with Crippen LogP contribution >= 0.6 is 24.8 Å². The molecule has 2 rings (SSSR count). The summed E-state index contributed by atoms with van der Waals surface area (Å²) in [6.45, 7) is 7.17. The van der Waals surface area contributed by atoms with Crippen molar-refractivity contribution >= 4 is 24.8 Å². The quantitative estimate of drug-likeness (QED) is 0.902. The Hall–Kier alpha value is -0.360. The third kappa shape index (κ3) is 5.21. The van der Waals surface area contributed by atoms with E-state index < -0.39 is 0 Å². The SMILES string of the molecule is CCCc1nc(CN2CCNCC2)no1.Cl.Cl. The molecular formula is C10H20Cl2N4O. The van der Waals surface area contributed by atoms with Crippen LogP contribution < -0.4 is 5.32 Å². The zero-order chi connectivity index (χ0) is 10.5. The monoisotopic (exact) mass is 282 g/mol. The Morgan fingerprint density at radius 2 is 2.00 bits per heavy atom. The normalized spacial score (nSPS) is 16.1. The third-order valence-corrected chi connectivity index (χ3v) is 2.55. The van der Waals surface area contributed by atoms with Gasteiger partial charge in [-0.15, -0.1) is 24.8 Å². The van der Waals surface area contributed by atoms with Gasteiger partial charge in [0, 0.05) is 32.6 Å². The maximum Gasteiger partial charge on any atom is 0.226 e. The minimum Gasteiger partial charge on any atom is -0.339 e. The van der Waals surface area contributed by atoms with Gasteiger partial charge in [-0.1, -0.05) is 12.1 Å². The topological polar surface area (TPSA) is 54.2 Å². The number of nitrogens with zero attached hydrogens (tertiary/aromatic N) is 3. The van der Waals surface area contributed by atoms with E-state index in [0.717, 1.165) is 57.3 Å². The Morgan fingerprint density at radius 1 is 1.29 bits per heavy atom. The van der Waals surface area contributed by atoms with E-state index in [9.17, 15) is 0 Å². The van der Waals surface area contributed by atoms with E-state index in [2.05, 4.69) is 27.3 Å². The van der Waals surface area contributed by atoms with Gasteiger partial charge in [-0.05, 0) is 6.42 Å². The Labute approximate surface area is 114 Å². The predicted octanol–water partition coefficient (Wildman–Crippen LogP) is 1.27. The molecule has 0 atom stereocenters. The predicted molar refractivity (Wildman–Crippen MR) is 70.9 cm³/mol. The molecule has 1 aliphatic heterocycles. The van der Waals surface area contributed by atoms with Gasteiger partial charge in [0.25, 0.3) is 0 Å². The van der Waals surface area contributed by atoms with Crippen LogP contribution in [0.4, 0.5) is 0 Å². The molecular weight excluding hydrogens is 263 g/mol. The van der Waals surface area contributed by atoms with Crippen molar-refractivity contribution in [3.8, 4) is 0 Å². The maximum absolute atomic E-state index is 5.14. The second kappa shape index (κ2) is 8.69. The summed E-state index contributed by atoms with van der Waals surface area (Å²) in [5.41, 5.74) is 0. The van der Waals surface area contributed by atoms with E-state index in [-0.39, 0.29) is 24.8 Å². The molecule has 5 nitrogen and oxygen atoms in total. The van der Waals surface area contributed by atoms with E-state index in [1.54, 1.807) is 0 Å². The van der Waals surface area contributed by atoms with Crippen molar-refractivity contribution in [3.63, 3.8) is 0 Å². The number of nitrogens with one attached hydrogen (secondary N) is 1. The first-order chi connectivity index (χ1) is 7.38. The largest absolute Gasteiger partial charge is 0.339 e. The Kier molecular flexibility index (Phi) is 8.51. The smallest absolute Gasteiger partial charge is 0.226 e. The van der Waals surface area contributed by atoms with Crippen LogP contribution in [0, 0.1) is 0 Å². The second-order valence-electron chi connectivity index (χ2n) is 3.88. The fourth-order valence-corrected chi connectivity index (χ4v) is 1.74. The van der Waals surface area contributed by atoms with Gasteiger partial charge in [0.05, 0.1) is 6.54 Å². The van der Waals surface area contributed by atoms with Crippen LogP contribution in [0.2, 0.25) is 0 Å². The van der Waals surface area contributed by atoms with Gasteiger partial charge in [0.2, 0.25) is 5.89 Å². The van der Waals surface area contributed by atoms with Crippen LogP contribution in [0.25, 0.3) is 0 Å². The molecule has 0 saturated carbocycles. The number of rotatable bonds is 4. The molecule has 0 spiro atoms. The molecule has 1 aromatic rings. The molecule has 0 aliphatic carbocycles. The van der Waals surface area contributed by atoms with Crippen molar-refractivity contribution in [2.75, 3.05) is 26.2 Å². The zero-order valence-corrected chi connectivity index (χ0v) is 11.6. The zero-order valence-electron chi connectivity index (χ0n) is 10.0. The second-order valence-corrected chi connectivity index (χ2v) is 3.88. The van der Waals surface area contributed by atoms with Crippen LogP contribution in [0.3, 0.4) is 0 Å². The van der Waals surface area contributed by atoms with Crippen molar-refractivity contribution in [3.05, 3.63) is 11.7 Å². The average molecular weight is 283 g/mol. The van der Waals surface area contributed by atoms with Gasteiger partial charge in [0.15, 0.2) is 5.82 Å². The summed E-state index contributed by atoms with van der Waals surface area (Å²) in [7, 11) is 0. The highest BCUT2D eigenvalue weighted by Crippen LogP contribution is 2.04. The highest BCUT2D eigenvalue weighted by Gasteiger charge is 2.13. The number of hydrogen-bond donors (Lipinski definition) is 1. The van der Waals surface area contributed by atoms with Crippen molar-refractivity contribution < 1.29 is 4.52 Å². The maximum atomic E-state index is 5.14. The first-order valence-corrected chi connectivity index (χ1v) is 5.63. The van der Waals surface area contributed by atoms with E-state index in [1.165, 1.54) is 0 Å². The minimum absolute atomic E-state index is 0. The molecule has 2 heterocycles. The molecule has 0 aromatic carbocycles. The molecule has 1 fully saturated rings. The summed E-state index contributed by atoms with van der Waals surface area (Å²) in [6, 6.07) is 0. The average Bonchev–Trinajstić information content (AvgIpc) is 2.68. The standard InChI is InChI=1S/C10H18N4O.2ClH/c1-2-3-10-12-9(13-15-10)8-14-6-4-11-5-7-14;;/h11H,2-8H2,1H3;2*1H. The lowest BCUT2D eigenvalue weighted by Gasteiger charge is -2.25. The molecule has 17 heavy (non-hydrogen) atoms. The van der Waals surface area contributed by atoms with Crippen molar-refractivity contribution in [2.45, 2.75) is 26.3 Å². The van der Waals surface area contributed by atoms with Crippen molar-refractivity contribution in [1.82, 2.24) is 20.4 Å². The summed E-state index contributed by atoms with van der Waals surface area (Å²) in [5.74, 6) is 1.59. The molecule has 1 saturated heterocycles. The van der Waals surface area contributed by atoms with E-state index >= 15 is 0 Å². The lowest BCUT2D eigenvalue weighted by Crippen LogP contribution is -2.43. The minimum atomic E-state index is 0. The summed E-state index contributed by atoms with van der Waals surface area (Å²) in [6.07, 6.45) is 1.93. The lowest BCUT2D eigenvalue weighted by molar-refractivity contribution is 0.224. The molecule has 0 radical (unpaired) electrons. The number of aromatic nitrogens is 2. The van der Waals surface area contributed by atoms with Gasteiger partial charge >= 0.3 is 0 Å². The van der Waals surface area contributed by atoms with Gasteiger partial charge in [-0.2, -0.15) is 4.98 Å². The summed E-state index contributed by atoms with van der Waals surface area (Å²) in [5, 5.41) is 7.30. The van der Waals surface area contributed by atoms with Crippen LogP contribution in [-0.4, -0.2) is 41.2 Å². The number of piperazine rings is 1. The molecule has 1 aliphatic rings. The summed E-state index contributed by atoms with van der Waals surface area (Å²) in [4.78, 5) is 6.70. The number of aryl methyl sites for hydroxylation is 1. The summed E-state index contributed by atoms with van der Waals surface area (Å²) < 4.78 is 5.14. The lowest BCUT2D eigenvalue weighted by atomic mass is 10.3. The Morgan fingerprint density at radius 3 is 2.65 bits per heavy atom.